The monoisotopic (exact) mass is 453 g/mol. The molecule has 1 aliphatic heterocycles. The van der Waals surface area contributed by atoms with Gasteiger partial charge in [0.25, 0.3) is 5.91 Å². The fraction of sp³-hybridized carbons (Fsp3) is 0.261. The number of hydrazine groups is 1. The molecule has 1 saturated heterocycles. The smallest absolute Gasteiger partial charge is 0.275 e. The van der Waals surface area contributed by atoms with Crippen LogP contribution in [0.3, 0.4) is 0 Å². The Hall–Kier alpha value is -2.90. The lowest BCUT2D eigenvalue weighted by molar-refractivity contribution is 0.0491. The highest BCUT2D eigenvalue weighted by Crippen LogP contribution is 2.20. The molecule has 4 rings (SSSR count). The van der Waals surface area contributed by atoms with Crippen molar-refractivity contribution >= 4 is 34.8 Å². The number of carbonyl (C=O) groups is 1. The number of halogens is 1. The topological polar surface area (TPSA) is 53.4 Å². The van der Waals surface area contributed by atoms with Crippen LogP contribution in [-0.2, 0) is 6.42 Å². The number of benzene rings is 2. The van der Waals surface area contributed by atoms with Crippen molar-refractivity contribution in [1.29, 1.82) is 0 Å². The Morgan fingerprint density at radius 2 is 1.81 bits per heavy atom. The van der Waals surface area contributed by atoms with Crippen molar-refractivity contribution in [2.75, 3.05) is 19.6 Å². The maximum absolute atomic E-state index is 13.3. The van der Waals surface area contributed by atoms with Gasteiger partial charge in [0.15, 0.2) is 5.11 Å². The van der Waals surface area contributed by atoms with Crippen molar-refractivity contribution < 1.29 is 4.79 Å². The number of nitrogens with zero attached hydrogens (tertiary/aromatic N) is 4. The van der Waals surface area contributed by atoms with Crippen molar-refractivity contribution in [3.8, 4) is 5.69 Å². The molecular formula is C23H24ClN5OS. The Bertz CT molecular complexity index is 1070. The zero-order valence-electron chi connectivity index (χ0n) is 17.3. The zero-order chi connectivity index (χ0) is 21.8. The normalized spacial score (nSPS) is 13.5. The minimum absolute atomic E-state index is 0.0842. The summed E-state index contributed by atoms with van der Waals surface area (Å²) in [5.41, 5.74) is 3.50. The number of amides is 1. The molecule has 8 heteroatoms. The highest BCUT2D eigenvalue weighted by atomic mass is 35.5. The van der Waals surface area contributed by atoms with Crippen LogP contribution in [0.2, 0.25) is 5.02 Å². The van der Waals surface area contributed by atoms with Gasteiger partial charge in [-0.05, 0) is 61.8 Å². The van der Waals surface area contributed by atoms with Crippen molar-refractivity contribution in [3.63, 3.8) is 0 Å². The predicted octanol–water partition coefficient (Wildman–Crippen LogP) is 4.01. The zero-order valence-corrected chi connectivity index (χ0v) is 18.9. The molecule has 31 heavy (non-hydrogen) atoms. The Labute approximate surface area is 192 Å². The molecule has 1 aromatic heterocycles. The van der Waals surface area contributed by atoms with Gasteiger partial charge in [-0.3, -0.25) is 9.80 Å². The standard InChI is InChI=1S/C23H24ClN5OS/c1-17-21(16-26-29(17)20-6-3-2-4-7-20)22(30)27-14-5-15-28(27)23(31)25-13-12-18-8-10-19(24)11-9-18/h2-4,6-11,16H,5,12-15H2,1H3,(H,25,31). The van der Waals surface area contributed by atoms with E-state index in [4.69, 9.17) is 23.8 Å². The lowest BCUT2D eigenvalue weighted by Crippen LogP contribution is -2.49. The first-order valence-corrected chi connectivity index (χ1v) is 11.0. The lowest BCUT2D eigenvalue weighted by Gasteiger charge is -2.30. The third kappa shape index (κ3) is 4.73. The summed E-state index contributed by atoms with van der Waals surface area (Å²) in [4.78, 5) is 13.3. The molecular weight excluding hydrogens is 430 g/mol. The van der Waals surface area contributed by atoms with Gasteiger partial charge in [0.1, 0.15) is 0 Å². The van der Waals surface area contributed by atoms with Crippen molar-refractivity contribution in [3.05, 3.63) is 82.6 Å². The van der Waals surface area contributed by atoms with Crippen LogP contribution in [0.25, 0.3) is 5.69 Å². The molecule has 0 bridgehead atoms. The second-order valence-corrected chi connectivity index (χ2v) is 8.23. The number of rotatable bonds is 5. The number of hydrogen-bond acceptors (Lipinski definition) is 3. The van der Waals surface area contributed by atoms with Crippen molar-refractivity contribution in [1.82, 2.24) is 25.1 Å². The molecule has 0 saturated carbocycles. The minimum atomic E-state index is -0.0842. The van der Waals surface area contributed by atoms with E-state index in [1.54, 1.807) is 15.9 Å². The van der Waals surface area contributed by atoms with Gasteiger partial charge in [0, 0.05) is 24.7 Å². The number of thiocarbonyl (C=S) groups is 1. The van der Waals surface area contributed by atoms with Gasteiger partial charge in [0.05, 0.1) is 23.1 Å². The molecule has 160 valence electrons. The first-order chi connectivity index (χ1) is 15.0. The van der Waals surface area contributed by atoms with Gasteiger partial charge in [-0.1, -0.05) is 41.9 Å². The summed E-state index contributed by atoms with van der Waals surface area (Å²) in [7, 11) is 0. The molecule has 1 aliphatic rings. The number of hydrogen-bond donors (Lipinski definition) is 1. The van der Waals surface area contributed by atoms with E-state index in [2.05, 4.69) is 10.4 Å². The summed E-state index contributed by atoms with van der Waals surface area (Å²) >= 11 is 11.5. The van der Waals surface area contributed by atoms with Crippen LogP contribution in [0.15, 0.2) is 60.8 Å². The van der Waals surface area contributed by atoms with E-state index in [1.165, 1.54) is 5.56 Å². The maximum atomic E-state index is 13.3. The summed E-state index contributed by atoms with van der Waals surface area (Å²) in [6.07, 6.45) is 3.33. The summed E-state index contributed by atoms with van der Waals surface area (Å²) < 4.78 is 1.79. The fourth-order valence-electron chi connectivity index (χ4n) is 3.68. The van der Waals surface area contributed by atoms with Crippen molar-refractivity contribution in [2.24, 2.45) is 0 Å². The van der Waals surface area contributed by atoms with Gasteiger partial charge < -0.3 is 5.32 Å². The van der Waals surface area contributed by atoms with E-state index in [-0.39, 0.29) is 5.91 Å². The summed E-state index contributed by atoms with van der Waals surface area (Å²) in [6.45, 7) is 3.94. The van der Waals surface area contributed by atoms with Crippen LogP contribution in [0.5, 0.6) is 0 Å². The summed E-state index contributed by atoms with van der Waals surface area (Å²) in [5, 5.41) is 12.6. The van der Waals surface area contributed by atoms with E-state index >= 15 is 0 Å². The third-order valence-electron chi connectivity index (χ3n) is 5.34. The number of para-hydroxylation sites is 1. The van der Waals surface area contributed by atoms with Crippen molar-refractivity contribution in [2.45, 2.75) is 19.8 Å². The average Bonchev–Trinajstić information content (AvgIpc) is 3.42. The Balaban J connectivity index is 1.41. The highest BCUT2D eigenvalue weighted by molar-refractivity contribution is 7.80. The molecule has 1 N–H and O–H groups in total. The Morgan fingerprint density at radius 1 is 1.10 bits per heavy atom. The largest absolute Gasteiger partial charge is 0.361 e. The van der Waals surface area contributed by atoms with Gasteiger partial charge in [-0.2, -0.15) is 5.10 Å². The SMILES string of the molecule is Cc1c(C(=O)N2CCCN2C(=S)NCCc2ccc(Cl)cc2)cnn1-c1ccccc1. The number of carbonyl (C=O) groups excluding carboxylic acids is 1. The van der Waals surface area contributed by atoms with E-state index in [9.17, 15) is 4.79 Å². The maximum Gasteiger partial charge on any atom is 0.275 e. The summed E-state index contributed by atoms with van der Waals surface area (Å²) in [6, 6.07) is 17.6. The van der Waals surface area contributed by atoms with E-state index < -0.39 is 0 Å². The third-order valence-corrected chi connectivity index (χ3v) is 5.95. The van der Waals surface area contributed by atoms with E-state index in [0.29, 0.717) is 30.3 Å². The molecule has 0 aliphatic carbocycles. The Kier molecular flexibility index (Phi) is 6.53. The van der Waals surface area contributed by atoms with Crippen LogP contribution >= 0.6 is 23.8 Å². The van der Waals surface area contributed by atoms with Crippen LogP contribution in [0.1, 0.15) is 28.0 Å². The molecule has 3 aromatic rings. The van der Waals surface area contributed by atoms with Gasteiger partial charge in [-0.15, -0.1) is 0 Å². The molecule has 1 fully saturated rings. The molecule has 6 nitrogen and oxygen atoms in total. The molecule has 1 amide bonds. The van der Waals surface area contributed by atoms with Gasteiger partial charge >= 0.3 is 0 Å². The molecule has 0 unspecified atom stereocenters. The highest BCUT2D eigenvalue weighted by Gasteiger charge is 2.31. The van der Waals surface area contributed by atoms with Crippen LogP contribution in [-0.4, -0.2) is 50.5 Å². The van der Waals surface area contributed by atoms with E-state index in [0.717, 1.165) is 29.2 Å². The lowest BCUT2D eigenvalue weighted by atomic mass is 10.1. The first-order valence-electron chi connectivity index (χ1n) is 10.3. The number of aromatic nitrogens is 2. The Morgan fingerprint density at radius 3 is 2.55 bits per heavy atom. The quantitative estimate of drug-likeness (QED) is 0.591. The first kappa shape index (κ1) is 21.3. The second-order valence-electron chi connectivity index (χ2n) is 7.40. The molecule has 0 atom stereocenters. The van der Waals surface area contributed by atoms with Gasteiger partial charge in [0.2, 0.25) is 0 Å². The van der Waals surface area contributed by atoms with Crippen LogP contribution < -0.4 is 5.32 Å². The fourth-order valence-corrected chi connectivity index (χ4v) is 4.10. The number of nitrogens with one attached hydrogen (secondary N) is 1. The molecule has 2 aromatic carbocycles. The summed E-state index contributed by atoms with van der Waals surface area (Å²) in [5.74, 6) is -0.0842. The predicted molar refractivity (Wildman–Crippen MR) is 126 cm³/mol. The second kappa shape index (κ2) is 9.49. The molecule has 0 spiro atoms. The van der Waals surface area contributed by atoms with Crippen LogP contribution in [0.4, 0.5) is 0 Å². The van der Waals surface area contributed by atoms with E-state index in [1.807, 2.05) is 66.5 Å². The van der Waals surface area contributed by atoms with Crippen LogP contribution in [0, 0.1) is 6.92 Å². The molecule has 0 radical (unpaired) electrons. The minimum Gasteiger partial charge on any atom is -0.361 e. The average molecular weight is 454 g/mol. The molecule has 2 heterocycles. The van der Waals surface area contributed by atoms with Gasteiger partial charge in [-0.25, -0.2) is 9.69 Å².